The minimum Gasteiger partial charge on any atom is -0.335 e. The molecule has 2 aromatic carbocycles. The van der Waals surface area contributed by atoms with Crippen LogP contribution in [0.5, 0.6) is 0 Å². The van der Waals surface area contributed by atoms with E-state index in [4.69, 9.17) is 0 Å². The van der Waals surface area contributed by atoms with Gasteiger partial charge in [-0.3, -0.25) is 4.79 Å². The second-order valence-electron chi connectivity index (χ2n) is 7.33. The Morgan fingerprint density at radius 3 is 2.12 bits per heavy atom. The number of amides is 1. The van der Waals surface area contributed by atoms with E-state index in [-0.39, 0.29) is 29.5 Å². The number of benzene rings is 2. The van der Waals surface area contributed by atoms with Crippen LogP contribution in [0.15, 0.2) is 54.6 Å². The molecule has 2 aromatic rings. The Labute approximate surface area is 154 Å². The fourth-order valence-corrected chi connectivity index (χ4v) is 5.48. The smallest absolute Gasteiger partial charge is 0.227 e. The molecule has 2 fully saturated rings. The van der Waals surface area contributed by atoms with Crippen molar-refractivity contribution in [3.63, 3.8) is 0 Å². The summed E-state index contributed by atoms with van der Waals surface area (Å²) in [7, 11) is -2.98. The average Bonchev–Trinajstić information content (AvgIpc) is 3.39. The Balaban J connectivity index is 1.46. The molecule has 0 N–H and O–H groups in total. The van der Waals surface area contributed by atoms with Crippen molar-refractivity contribution in [1.29, 1.82) is 0 Å². The van der Waals surface area contributed by atoms with Crippen LogP contribution in [0.4, 0.5) is 0 Å². The zero-order chi connectivity index (χ0) is 18.1. The van der Waals surface area contributed by atoms with Gasteiger partial charge in [-0.25, -0.2) is 8.42 Å². The van der Waals surface area contributed by atoms with Gasteiger partial charge < -0.3 is 4.90 Å². The van der Waals surface area contributed by atoms with Gasteiger partial charge in [0.05, 0.1) is 17.9 Å². The molecule has 26 heavy (non-hydrogen) atoms. The number of sulfone groups is 1. The molecular weight excluding hydrogens is 346 g/mol. The molecule has 4 nitrogen and oxygen atoms in total. The Morgan fingerprint density at radius 2 is 1.54 bits per heavy atom. The van der Waals surface area contributed by atoms with E-state index in [1.807, 2.05) is 47.4 Å². The molecule has 0 spiro atoms. The first kappa shape index (κ1) is 17.3. The maximum absolute atomic E-state index is 12.9. The second-order valence-corrected chi connectivity index (χ2v) is 9.56. The third-order valence-corrected chi connectivity index (χ3v) is 7.00. The minimum atomic E-state index is -2.98. The van der Waals surface area contributed by atoms with Crippen LogP contribution in [-0.2, 0) is 21.1 Å². The summed E-state index contributed by atoms with van der Waals surface area (Å²) in [5.74, 6) is 0.393. The Morgan fingerprint density at radius 1 is 0.885 bits per heavy atom. The van der Waals surface area contributed by atoms with Gasteiger partial charge in [-0.2, -0.15) is 0 Å². The van der Waals surface area contributed by atoms with Crippen LogP contribution < -0.4 is 0 Å². The first-order valence-corrected chi connectivity index (χ1v) is 11.0. The molecule has 1 saturated carbocycles. The summed E-state index contributed by atoms with van der Waals surface area (Å²) in [4.78, 5) is 14.7. The quantitative estimate of drug-likeness (QED) is 0.814. The molecule has 0 unspecified atom stereocenters. The first-order valence-electron chi connectivity index (χ1n) is 9.18. The lowest BCUT2D eigenvalue weighted by Gasteiger charge is -2.28. The van der Waals surface area contributed by atoms with Gasteiger partial charge in [0.1, 0.15) is 0 Å². The van der Waals surface area contributed by atoms with E-state index in [9.17, 15) is 13.2 Å². The third kappa shape index (κ3) is 3.83. The summed E-state index contributed by atoms with van der Waals surface area (Å²) in [6.07, 6.45) is 2.91. The number of nitrogens with zero attached hydrogens (tertiary/aromatic N) is 1. The highest BCUT2D eigenvalue weighted by atomic mass is 32.2. The molecule has 1 atom stereocenters. The first-order chi connectivity index (χ1) is 12.5. The number of hydrogen-bond acceptors (Lipinski definition) is 3. The molecule has 1 amide bonds. The van der Waals surface area contributed by atoms with Crippen molar-refractivity contribution in [3.05, 3.63) is 60.2 Å². The lowest BCUT2D eigenvalue weighted by atomic mass is 10.0. The van der Waals surface area contributed by atoms with Crippen LogP contribution in [-0.4, -0.2) is 42.8 Å². The van der Waals surface area contributed by atoms with E-state index < -0.39 is 9.84 Å². The van der Waals surface area contributed by atoms with Crippen molar-refractivity contribution in [2.75, 3.05) is 11.5 Å². The minimum absolute atomic E-state index is 0.0575. The maximum Gasteiger partial charge on any atom is 0.227 e. The van der Waals surface area contributed by atoms with Crippen LogP contribution in [0, 0.1) is 0 Å². The normalized spacial score (nSPS) is 21.5. The molecule has 2 aliphatic rings. The maximum atomic E-state index is 12.9. The van der Waals surface area contributed by atoms with Gasteiger partial charge in [0, 0.05) is 12.1 Å². The number of carbonyl (C=O) groups excluding carboxylic acids is 1. The number of hydrogen-bond donors (Lipinski definition) is 0. The predicted molar refractivity (Wildman–Crippen MR) is 103 cm³/mol. The van der Waals surface area contributed by atoms with Gasteiger partial charge in [0.25, 0.3) is 0 Å². The van der Waals surface area contributed by atoms with Gasteiger partial charge in [0.2, 0.25) is 5.91 Å². The molecule has 1 aliphatic heterocycles. The Bertz CT molecular complexity index is 887. The highest BCUT2D eigenvalue weighted by molar-refractivity contribution is 7.91. The van der Waals surface area contributed by atoms with E-state index >= 15 is 0 Å². The molecular formula is C21H23NO3S. The van der Waals surface area contributed by atoms with Crippen molar-refractivity contribution in [3.8, 4) is 11.1 Å². The Kier molecular flexibility index (Phi) is 4.57. The van der Waals surface area contributed by atoms with Crippen LogP contribution in [0.1, 0.15) is 24.8 Å². The third-order valence-electron chi connectivity index (χ3n) is 5.25. The van der Waals surface area contributed by atoms with E-state index in [1.165, 1.54) is 0 Å². The van der Waals surface area contributed by atoms with Crippen molar-refractivity contribution in [2.45, 2.75) is 37.8 Å². The highest BCUT2D eigenvalue weighted by Crippen LogP contribution is 2.33. The van der Waals surface area contributed by atoms with Crippen molar-refractivity contribution in [2.24, 2.45) is 0 Å². The zero-order valence-corrected chi connectivity index (χ0v) is 15.5. The van der Waals surface area contributed by atoms with E-state index in [0.29, 0.717) is 12.8 Å². The Hall–Kier alpha value is -2.14. The fraction of sp³-hybridized carbons (Fsp3) is 0.381. The summed E-state index contributed by atoms with van der Waals surface area (Å²) in [6.45, 7) is 0. The van der Waals surface area contributed by atoms with E-state index in [1.54, 1.807) is 0 Å². The standard InChI is InChI=1S/C21H23NO3S/c23-21(22(19-10-11-19)20-12-13-26(24,25)15-20)14-16-6-8-18(9-7-16)17-4-2-1-3-5-17/h1-9,19-20H,10-15H2/t20-/m1/s1. The molecule has 4 rings (SSSR count). The number of rotatable bonds is 5. The van der Waals surface area contributed by atoms with Gasteiger partial charge in [-0.15, -0.1) is 0 Å². The van der Waals surface area contributed by atoms with Crippen LogP contribution >= 0.6 is 0 Å². The summed E-state index contributed by atoms with van der Waals surface area (Å²) in [6, 6.07) is 18.3. The summed E-state index contributed by atoms with van der Waals surface area (Å²) < 4.78 is 23.6. The van der Waals surface area contributed by atoms with Crippen molar-refractivity contribution < 1.29 is 13.2 Å². The number of carbonyl (C=O) groups is 1. The average molecular weight is 369 g/mol. The second kappa shape index (κ2) is 6.88. The summed E-state index contributed by atoms with van der Waals surface area (Å²) in [5.41, 5.74) is 3.25. The van der Waals surface area contributed by atoms with Crippen molar-refractivity contribution in [1.82, 2.24) is 4.90 Å². The SMILES string of the molecule is O=C(Cc1ccc(-c2ccccc2)cc1)N(C1CC1)[C@@H]1CCS(=O)(=O)C1. The lowest BCUT2D eigenvalue weighted by molar-refractivity contribution is -0.133. The van der Waals surface area contributed by atoms with Crippen LogP contribution in [0.3, 0.4) is 0 Å². The summed E-state index contributed by atoms with van der Waals surface area (Å²) >= 11 is 0. The fourth-order valence-electron chi connectivity index (χ4n) is 3.76. The monoisotopic (exact) mass is 369 g/mol. The molecule has 0 bridgehead atoms. The summed E-state index contributed by atoms with van der Waals surface area (Å²) in [5, 5.41) is 0. The topological polar surface area (TPSA) is 54.5 Å². The van der Waals surface area contributed by atoms with Gasteiger partial charge in [-0.05, 0) is 36.0 Å². The van der Waals surface area contributed by atoms with Crippen molar-refractivity contribution >= 4 is 15.7 Å². The molecule has 1 saturated heterocycles. The van der Waals surface area contributed by atoms with E-state index in [0.717, 1.165) is 29.5 Å². The molecule has 136 valence electrons. The van der Waals surface area contributed by atoms with E-state index in [2.05, 4.69) is 12.1 Å². The van der Waals surface area contributed by atoms with Gasteiger partial charge in [-0.1, -0.05) is 54.6 Å². The van der Waals surface area contributed by atoms with Gasteiger partial charge in [0.15, 0.2) is 9.84 Å². The van der Waals surface area contributed by atoms with Crippen LogP contribution in [0.2, 0.25) is 0 Å². The molecule has 5 heteroatoms. The van der Waals surface area contributed by atoms with Gasteiger partial charge >= 0.3 is 0 Å². The molecule has 0 radical (unpaired) electrons. The largest absolute Gasteiger partial charge is 0.335 e. The molecule has 1 heterocycles. The highest BCUT2D eigenvalue weighted by Gasteiger charge is 2.41. The molecule has 0 aromatic heterocycles. The zero-order valence-electron chi connectivity index (χ0n) is 14.7. The predicted octanol–water partition coefficient (Wildman–Crippen LogP) is 3.07. The molecule has 1 aliphatic carbocycles. The lowest BCUT2D eigenvalue weighted by Crippen LogP contribution is -2.43. The van der Waals surface area contributed by atoms with Crippen LogP contribution in [0.25, 0.3) is 11.1 Å².